The molecule has 0 saturated heterocycles. The third-order valence-electron chi connectivity index (χ3n) is 10.4. The molecule has 0 saturated carbocycles. The van der Waals surface area contributed by atoms with Crippen LogP contribution in [0.4, 0.5) is 0 Å². The Hall–Kier alpha value is -0.920. The number of amides is 1. The lowest BCUT2D eigenvalue weighted by molar-refractivity contribution is -0.130. The first-order valence-corrected chi connectivity index (χ1v) is 25.2. The van der Waals surface area contributed by atoms with Gasteiger partial charge in [0.1, 0.15) is 5.78 Å². The summed E-state index contributed by atoms with van der Waals surface area (Å²) in [6, 6.07) is 0. The minimum atomic E-state index is -2.02. The number of hydrogen-bond donors (Lipinski definition) is 1. The molecule has 0 aliphatic carbocycles. The number of hydrogen-bond acceptors (Lipinski definition) is 4. The van der Waals surface area contributed by atoms with Gasteiger partial charge in [-0.3, -0.25) is 9.00 Å². The van der Waals surface area contributed by atoms with Crippen molar-refractivity contribution < 1.29 is 18.5 Å². The molecule has 0 fully saturated rings. The van der Waals surface area contributed by atoms with Crippen LogP contribution in [0.3, 0.4) is 0 Å². The van der Waals surface area contributed by atoms with Gasteiger partial charge in [0.05, 0.1) is 0 Å². The van der Waals surface area contributed by atoms with Crippen molar-refractivity contribution in [2.24, 2.45) is 22.2 Å². The number of Topliss-reactive ketones (excluding diaryl/α,β-unsaturated/α-hetero) is 1. The Labute approximate surface area is 355 Å². The second-order valence-corrected chi connectivity index (χ2v) is 21.8. The molecule has 0 rings (SSSR count). The van der Waals surface area contributed by atoms with Crippen molar-refractivity contribution in [2.75, 3.05) is 40.1 Å². The molecule has 1 atom stereocenters. The number of methoxy groups -OCH3 is 1. The maximum absolute atomic E-state index is 12.0. The molecule has 56 heavy (non-hydrogen) atoms. The number of unbranched alkanes of at least 4 members (excludes halogenated alkanes) is 13. The summed E-state index contributed by atoms with van der Waals surface area (Å²) in [5, 5.41) is 0. The van der Waals surface area contributed by atoms with Gasteiger partial charge in [-0.15, -0.1) is 0 Å². The second kappa shape index (κ2) is 40.8. The highest BCUT2D eigenvalue weighted by molar-refractivity contribution is 7.97. The van der Waals surface area contributed by atoms with E-state index in [0.29, 0.717) is 23.5 Å². The van der Waals surface area contributed by atoms with Gasteiger partial charge in [0.2, 0.25) is 5.91 Å². The summed E-state index contributed by atoms with van der Waals surface area (Å²) in [5.74, 6) is 5.01. The van der Waals surface area contributed by atoms with E-state index in [1.165, 1.54) is 89.9 Å². The number of nitrogens with zero attached hydrogens (tertiary/aromatic N) is 1. The van der Waals surface area contributed by atoms with Crippen LogP contribution in [0.5, 0.6) is 0 Å². The summed E-state index contributed by atoms with van der Waals surface area (Å²) in [6.45, 7) is 34.7. The zero-order valence-electron chi connectivity index (χ0n) is 41.7. The highest BCUT2D eigenvalue weighted by atomic mass is 32.2. The average Bonchev–Trinajstić information content (AvgIpc) is 3.11. The fraction of sp³-hybridized carbons (Fsp3) is 0.939. The Morgan fingerprint density at radius 3 is 1.38 bits per heavy atom. The highest BCUT2D eigenvalue weighted by Crippen LogP contribution is 2.24. The molecular weight excluding hydrogens is 713 g/mol. The molecule has 342 valence electrons. The molecule has 1 amide bonds. The summed E-state index contributed by atoms with van der Waals surface area (Å²) in [4.78, 5) is 24.5. The van der Waals surface area contributed by atoms with Crippen LogP contribution < -0.4 is 4.72 Å². The number of ether oxygens (including phenoxy) is 1. The van der Waals surface area contributed by atoms with Gasteiger partial charge in [-0.05, 0) is 60.6 Å². The summed E-state index contributed by atoms with van der Waals surface area (Å²) < 4.78 is 19.1. The molecule has 0 bridgehead atoms. The maximum atomic E-state index is 12.0. The number of ketones is 1. The van der Waals surface area contributed by atoms with Gasteiger partial charge in [0.15, 0.2) is 0 Å². The van der Waals surface area contributed by atoms with Crippen molar-refractivity contribution >= 4 is 27.3 Å². The molecule has 1 unspecified atom stereocenters. The van der Waals surface area contributed by atoms with Gasteiger partial charge >= 0.3 is 0 Å². The second-order valence-electron chi connectivity index (χ2n) is 19.5. The molecule has 7 heteroatoms. The Balaban J connectivity index is -0.000000229. The van der Waals surface area contributed by atoms with Crippen molar-refractivity contribution in [2.45, 2.75) is 239 Å². The van der Waals surface area contributed by atoms with Crippen molar-refractivity contribution in [1.82, 2.24) is 9.62 Å². The van der Waals surface area contributed by atoms with Crippen LogP contribution in [-0.4, -0.2) is 66.8 Å². The molecule has 6 nitrogen and oxygen atoms in total. The SMILES string of the molecule is C=S(C)(=O)NCC(C)(C)CC.CCC(C)(C)C.CCC(C)(C)CC(C)=O.CCC(C)C.CCCCCCCCCCCCCCCC(=O)N(C)CCCCOC. The monoisotopic (exact) mass is 819 g/mol. The van der Waals surface area contributed by atoms with Crippen molar-refractivity contribution in [3.05, 3.63) is 0 Å². The number of rotatable bonds is 27. The van der Waals surface area contributed by atoms with E-state index >= 15 is 0 Å². The zero-order valence-corrected chi connectivity index (χ0v) is 42.6. The van der Waals surface area contributed by atoms with Crippen LogP contribution in [0, 0.1) is 22.2 Å². The highest BCUT2D eigenvalue weighted by Gasteiger charge is 2.17. The minimum Gasteiger partial charge on any atom is -0.385 e. The largest absolute Gasteiger partial charge is 0.385 e. The molecule has 0 aliphatic heterocycles. The van der Waals surface area contributed by atoms with Crippen LogP contribution in [0.15, 0.2) is 0 Å². The van der Waals surface area contributed by atoms with E-state index in [2.05, 4.69) is 108 Å². The first-order valence-electron chi connectivity index (χ1n) is 23.1. The summed E-state index contributed by atoms with van der Waals surface area (Å²) in [7, 11) is 1.64. The van der Waals surface area contributed by atoms with E-state index in [1.807, 2.05) is 11.9 Å². The summed E-state index contributed by atoms with van der Waals surface area (Å²) in [5.41, 5.74) is 0.974. The average molecular weight is 819 g/mol. The third-order valence-corrected chi connectivity index (χ3v) is 11.1. The van der Waals surface area contributed by atoms with Gasteiger partial charge in [-0.2, -0.15) is 0 Å². The Morgan fingerprint density at radius 2 is 1.09 bits per heavy atom. The van der Waals surface area contributed by atoms with Crippen LogP contribution in [0.2, 0.25) is 0 Å². The smallest absolute Gasteiger partial charge is 0.222 e. The van der Waals surface area contributed by atoms with Gasteiger partial charge in [0, 0.05) is 62.7 Å². The van der Waals surface area contributed by atoms with E-state index in [1.54, 1.807) is 20.3 Å². The number of nitrogens with one attached hydrogen (secondary N) is 1. The number of carbonyl (C=O) groups excluding carboxylic acids is 2. The standard InChI is InChI=1S/C22H45NO2.C8H19NOS.C8H16O.C6H14.C5H12/c1-4-5-6-7-8-9-10-11-12-13-14-15-16-19-22(24)23(2)20-17-18-21-25-3;1-6-8(2,3)7-9-11(4,5)10;1-5-8(3,4)6-7(2)9;1-5-6(2,3)4;1-4-5(2)3/h4-21H2,1-3H3;4,6-7H2,1-3,5H3,(H,9,10);5-6H2,1-4H3;5H2,1-4H3;5H,4H2,1-3H3. The van der Waals surface area contributed by atoms with Crippen molar-refractivity contribution in [1.29, 1.82) is 0 Å². The third kappa shape index (κ3) is 65.0. The first kappa shape index (κ1) is 64.2. The van der Waals surface area contributed by atoms with E-state index in [9.17, 15) is 13.8 Å². The lowest BCUT2D eigenvalue weighted by Gasteiger charge is -2.23. The lowest BCUT2D eigenvalue weighted by Crippen LogP contribution is -2.32. The molecule has 1 N–H and O–H groups in total. The summed E-state index contributed by atoms with van der Waals surface area (Å²) >= 11 is 0. The molecule has 0 spiro atoms. The van der Waals surface area contributed by atoms with Crippen molar-refractivity contribution in [3.8, 4) is 0 Å². The van der Waals surface area contributed by atoms with Gasteiger partial charge < -0.3 is 14.4 Å². The van der Waals surface area contributed by atoms with Gasteiger partial charge in [0.25, 0.3) is 0 Å². The molecule has 0 aliphatic rings. The normalized spacial score (nSPS) is 12.4. The maximum Gasteiger partial charge on any atom is 0.222 e. The Morgan fingerprint density at radius 1 is 0.696 bits per heavy atom. The molecular formula is C49H106N2O4S. The first-order chi connectivity index (χ1) is 25.8. The van der Waals surface area contributed by atoms with Crippen LogP contribution in [0.25, 0.3) is 0 Å². The summed E-state index contributed by atoms with van der Waals surface area (Å²) in [6.07, 6.45) is 27.4. The molecule has 0 aromatic rings. The van der Waals surface area contributed by atoms with Gasteiger partial charge in [-0.25, -0.2) is 4.72 Å². The molecule has 0 radical (unpaired) electrons. The van der Waals surface area contributed by atoms with E-state index in [-0.39, 0.29) is 10.8 Å². The van der Waals surface area contributed by atoms with E-state index < -0.39 is 9.71 Å². The Bertz CT molecular complexity index is 952. The predicted octanol–water partition coefficient (Wildman–Crippen LogP) is 14.5. The van der Waals surface area contributed by atoms with Crippen LogP contribution in [0.1, 0.15) is 239 Å². The van der Waals surface area contributed by atoms with Gasteiger partial charge in [-0.1, -0.05) is 193 Å². The quantitative estimate of drug-likeness (QED) is 0.0662. The predicted molar refractivity (Wildman–Crippen MR) is 257 cm³/mol. The molecule has 0 aromatic carbocycles. The number of carbonyl (C=O) groups is 2. The van der Waals surface area contributed by atoms with E-state index in [0.717, 1.165) is 64.1 Å². The fourth-order valence-electron chi connectivity index (χ4n) is 4.48. The van der Waals surface area contributed by atoms with Crippen LogP contribution >= 0.6 is 0 Å². The zero-order chi connectivity index (χ0) is 44.7. The van der Waals surface area contributed by atoms with Crippen molar-refractivity contribution in [3.63, 3.8) is 0 Å². The molecule has 0 heterocycles. The van der Waals surface area contributed by atoms with Crippen LogP contribution in [-0.2, 0) is 24.0 Å². The lowest BCUT2D eigenvalue weighted by atomic mass is 9.85. The minimum absolute atomic E-state index is 0.214. The topological polar surface area (TPSA) is 75.7 Å². The Kier molecular flexibility index (Phi) is 46.8. The van der Waals surface area contributed by atoms with E-state index in [4.69, 9.17) is 4.74 Å². The molecule has 0 aromatic heterocycles. The fourth-order valence-corrected chi connectivity index (χ4v) is 5.17.